The van der Waals surface area contributed by atoms with Crippen LogP contribution in [-0.2, 0) is 4.79 Å². The number of amides is 1. The summed E-state index contributed by atoms with van der Waals surface area (Å²) in [7, 11) is 0. The molecule has 0 radical (unpaired) electrons. The van der Waals surface area contributed by atoms with E-state index in [2.05, 4.69) is 5.32 Å². The predicted molar refractivity (Wildman–Crippen MR) is 73.9 cm³/mol. The van der Waals surface area contributed by atoms with Crippen molar-refractivity contribution in [3.8, 4) is 0 Å². The number of carbonyl (C=O) groups is 1. The molecule has 4 nitrogen and oxygen atoms in total. The molecule has 0 aromatic carbocycles. The maximum atomic E-state index is 12.2. The summed E-state index contributed by atoms with van der Waals surface area (Å²) in [6, 6.07) is 0.0480. The summed E-state index contributed by atoms with van der Waals surface area (Å²) in [5.41, 5.74) is 0. The number of hydrogen-bond donors (Lipinski definition) is 2. The molecule has 0 aromatic heterocycles. The number of rotatable bonds is 2. The largest absolute Gasteiger partial charge is 0.393 e. The standard InChI is InChI=1S/C13H24N2O2.ClH/c1-10(16)11-5-8-15(9-6-11)13(17)12-4-2-3-7-14-12;/h10-12,14,16H,2-9H2,1H3;1H/t10?,12-;/m1./s1. The molecule has 2 rings (SSSR count). The molecule has 2 aliphatic heterocycles. The van der Waals surface area contributed by atoms with Crippen molar-refractivity contribution in [3.63, 3.8) is 0 Å². The minimum Gasteiger partial charge on any atom is -0.393 e. The maximum absolute atomic E-state index is 12.2. The third-order valence-corrected chi connectivity index (χ3v) is 4.14. The van der Waals surface area contributed by atoms with Gasteiger partial charge in [-0.25, -0.2) is 0 Å². The lowest BCUT2D eigenvalue weighted by Crippen LogP contribution is -2.51. The van der Waals surface area contributed by atoms with Gasteiger partial charge in [-0.15, -0.1) is 12.4 Å². The second-order valence-corrected chi connectivity index (χ2v) is 5.41. The molecule has 18 heavy (non-hydrogen) atoms. The molecule has 2 saturated heterocycles. The van der Waals surface area contributed by atoms with E-state index in [0.29, 0.717) is 5.92 Å². The van der Waals surface area contributed by atoms with Crippen LogP contribution in [0, 0.1) is 5.92 Å². The van der Waals surface area contributed by atoms with Gasteiger partial charge >= 0.3 is 0 Å². The first-order valence-corrected chi connectivity index (χ1v) is 6.88. The van der Waals surface area contributed by atoms with Crippen molar-refractivity contribution in [2.24, 2.45) is 5.92 Å². The molecule has 0 aromatic rings. The van der Waals surface area contributed by atoms with Crippen molar-refractivity contribution in [1.82, 2.24) is 10.2 Å². The molecule has 0 aliphatic carbocycles. The smallest absolute Gasteiger partial charge is 0.239 e. The van der Waals surface area contributed by atoms with Crippen molar-refractivity contribution in [2.45, 2.75) is 51.2 Å². The molecule has 0 saturated carbocycles. The normalized spacial score (nSPS) is 27.4. The molecule has 0 bridgehead atoms. The molecular weight excluding hydrogens is 252 g/mol. The van der Waals surface area contributed by atoms with E-state index in [1.54, 1.807) is 0 Å². The van der Waals surface area contributed by atoms with Gasteiger partial charge in [0.2, 0.25) is 5.91 Å². The first kappa shape index (κ1) is 15.7. The van der Waals surface area contributed by atoms with Crippen molar-refractivity contribution in [2.75, 3.05) is 19.6 Å². The number of halogens is 1. The fourth-order valence-electron chi connectivity index (χ4n) is 2.89. The van der Waals surface area contributed by atoms with Gasteiger partial charge in [0.1, 0.15) is 0 Å². The first-order valence-electron chi connectivity index (χ1n) is 6.88. The molecule has 2 N–H and O–H groups in total. The van der Waals surface area contributed by atoms with Gasteiger partial charge in [-0.3, -0.25) is 4.79 Å². The number of aliphatic hydroxyl groups is 1. The monoisotopic (exact) mass is 276 g/mol. The quantitative estimate of drug-likeness (QED) is 0.796. The lowest BCUT2D eigenvalue weighted by atomic mass is 9.91. The van der Waals surface area contributed by atoms with Crippen LogP contribution in [-0.4, -0.2) is 47.7 Å². The lowest BCUT2D eigenvalue weighted by Gasteiger charge is -2.36. The highest BCUT2D eigenvalue weighted by Crippen LogP contribution is 2.21. The Balaban J connectivity index is 0.00000162. The number of likely N-dealkylation sites (tertiary alicyclic amines) is 1. The Morgan fingerprint density at radius 2 is 1.94 bits per heavy atom. The second kappa shape index (κ2) is 7.31. The number of carbonyl (C=O) groups excluding carboxylic acids is 1. The number of piperidine rings is 2. The Morgan fingerprint density at radius 3 is 2.44 bits per heavy atom. The molecular formula is C13H25ClN2O2. The van der Waals surface area contributed by atoms with E-state index in [1.165, 1.54) is 6.42 Å². The van der Waals surface area contributed by atoms with Gasteiger partial charge in [-0.05, 0) is 45.1 Å². The summed E-state index contributed by atoms with van der Waals surface area (Å²) in [4.78, 5) is 14.2. The zero-order chi connectivity index (χ0) is 12.3. The number of hydrogen-bond acceptors (Lipinski definition) is 3. The predicted octanol–water partition coefficient (Wildman–Crippen LogP) is 1.17. The van der Waals surface area contributed by atoms with Gasteiger partial charge in [0.05, 0.1) is 12.1 Å². The third kappa shape index (κ3) is 3.84. The Bertz CT molecular complexity index is 260. The fraction of sp³-hybridized carbons (Fsp3) is 0.923. The topological polar surface area (TPSA) is 52.6 Å². The summed E-state index contributed by atoms with van der Waals surface area (Å²) in [5.74, 6) is 0.645. The summed E-state index contributed by atoms with van der Waals surface area (Å²) in [5, 5.41) is 12.8. The van der Waals surface area contributed by atoms with Crippen molar-refractivity contribution in [3.05, 3.63) is 0 Å². The van der Waals surface area contributed by atoms with Gasteiger partial charge in [0, 0.05) is 13.1 Å². The van der Waals surface area contributed by atoms with Crippen LogP contribution in [0.15, 0.2) is 0 Å². The maximum Gasteiger partial charge on any atom is 0.239 e. The van der Waals surface area contributed by atoms with Crippen LogP contribution in [0.25, 0.3) is 0 Å². The summed E-state index contributed by atoms with van der Waals surface area (Å²) in [6.45, 7) is 4.45. The van der Waals surface area contributed by atoms with Gasteiger partial charge in [0.25, 0.3) is 0 Å². The van der Waals surface area contributed by atoms with E-state index in [4.69, 9.17) is 0 Å². The second-order valence-electron chi connectivity index (χ2n) is 5.41. The SMILES string of the molecule is CC(O)C1CCN(C(=O)[C@H]2CCCCN2)CC1.Cl. The molecule has 5 heteroatoms. The van der Waals surface area contributed by atoms with E-state index < -0.39 is 0 Å². The van der Waals surface area contributed by atoms with E-state index in [1.807, 2.05) is 11.8 Å². The molecule has 2 fully saturated rings. The molecule has 2 aliphatic rings. The van der Waals surface area contributed by atoms with E-state index in [9.17, 15) is 9.90 Å². The summed E-state index contributed by atoms with van der Waals surface area (Å²) < 4.78 is 0. The highest BCUT2D eigenvalue weighted by atomic mass is 35.5. The van der Waals surface area contributed by atoms with Gasteiger partial charge in [0.15, 0.2) is 0 Å². The van der Waals surface area contributed by atoms with E-state index >= 15 is 0 Å². The van der Waals surface area contributed by atoms with Crippen molar-refractivity contribution >= 4 is 18.3 Å². The average Bonchev–Trinajstić information content (AvgIpc) is 2.39. The van der Waals surface area contributed by atoms with Crippen LogP contribution < -0.4 is 5.32 Å². The van der Waals surface area contributed by atoms with E-state index in [0.717, 1.165) is 45.3 Å². The Labute approximate surface area is 116 Å². The Morgan fingerprint density at radius 1 is 1.28 bits per heavy atom. The average molecular weight is 277 g/mol. The minimum absolute atomic E-state index is 0. The molecule has 2 atom stereocenters. The van der Waals surface area contributed by atoms with Crippen LogP contribution in [0.3, 0.4) is 0 Å². The highest BCUT2D eigenvalue weighted by molar-refractivity contribution is 5.85. The highest BCUT2D eigenvalue weighted by Gasteiger charge is 2.29. The zero-order valence-corrected chi connectivity index (χ0v) is 11.9. The molecule has 1 unspecified atom stereocenters. The molecule has 2 heterocycles. The molecule has 1 amide bonds. The van der Waals surface area contributed by atoms with Crippen LogP contribution in [0.1, 0.15) is 39.0 Å². The number of nitrogens with zero attached hydrogens (tertiary/aromatic N) is 1. The Kier molecular flexibility index (Phi) is 6.39. The third-order valence-electron chi connectivity index (χ3n) is 4.14. The molecule has 0 spiro atoms. The van der Waals surface area contributed by atoms with Crippen molar-refractivity contribution in [1.29, 1.82) is 0 Å². The van der Waals surface area contributed by atoms with Crippen LogP contribution in [0.2, 0.25) is 0 Å². The number of nitrogens with one attached hydrogen (secondary N) is 1. The fourth-order valence-corrected chi connectivity index (χ4v) is 2.89. The van der Waals surface area contributed by atoms with Crippen LogP contribution in [0.5, 0.6) is 0 Å². The summed E-state index contributed by atoms with van der Waals surface area (Å²) in [6.07, 6.45) is 4.98. The Hall–Kier alpha value is -0.320. The van der Waals surface area contributed by atoms with E-state index in [-0.39, 0.29) is 30.5 Å². The number of aliphatic hydroxyl groups excluding tert-OH is 1. The lowest BCUT2D eigenvalue weighted by molar-refractivity contribution is -0.136. The first-order chi connectivity index (χ1) is 8.18. The summed E-state index contributed by atoms with van der Waals surface area (Å²) >= 11 is 0. The van der Waals surface area contributed by atoms with Crippen LogP contribution in [0.4, 0.5) is 0 Å². The molecule has 106 valence electrons. The van der Waals surface area contributed by atoms with Gasteiger partial charge in [-0.1, -0.05) is 6.42 Å². The van der Waals surface area contributed by atoms with Crippen molar-refractivity contribution < 1.29 is 9.90 Å². The minimum atomic E-state index is -0.236. The van der Waals surface area contributed by atoms with Gasteiger partial charge < -0.3 is 15.3 Å². The zero-order valence-electron chi connectivity index (χ0n) is 11.1. The van der Waals surface area contributed by atoms with Crippen LogP contribution >= 0.6 is 12.4 Å². The van der Waals surface area contributed by atoms with Gasteiger partial charge in [-0.2, -0.15) is 0 Å².